The fraction of sp³-hybridized carbons (Fsp3) is 0.647. The second-order valence-corrected chi connectivity index (χ2v) is 7.15. The fourth-order valence-electron chi connectivity index (χ4n) is 3.35. The maximum atomic E-state index is 13.9. The van der Waals surface area contributed by atoms with Gasteiger partial charge in [0.25, 0.3) is 0 Å². The van der Waals surface area contributed by atoms with Gasteiger partial charge < -0.3 is 5.73 Å². The molecule has 3 heteroatoms. The molecule has 0 heterocycles. The van der Waals surface area contributed by atoms with Crippen LogP contribution in [0, 0.1) is 17.7 Å². The largest absolute Gasteiger partial charge is 0.325 e. The molecule has 1 aromatic rings. The van der Waals surface area contributed by atoms with Gasteiger partial charge in [0.05, 0.1) is 0 Å². The topological polar surface area (TPSA) is 26.0 Å². The monoisotopic (exact) mass is 297 g/mol. The SMILES string of the molecule is CC(C)C1CCCC(N)(Cc2ccc(Cl)cc2F)CC1. The average Bonchev–Trinajstić information content (AvgIpc) is 2.55. The van der Waals surface area contributed by atoms with E-state index in [2.05, 4.69) is 13.8 Å². The van der Waals surface area contributed by atoms with Crippen LogP contribution in [0.4, 0.5) is 4.39 Å². The van der Waals surface area contributed by atoms with Crippen LogP contribution in [0.2, 0.25) is 5.02 Å². The summed E-state index contributed by atoms with van der Waals surface area (Å²) < 4.78 is 13.9. The Morgan fingerprint density at radius 3 is 2.75 bits per heavy atom. The Kier molecular flexibility index (Phi) is 5.09. The zero-order chi connectivity index (χ0) is 14.8. The molecule has 0 radical (unpaired) electrons. The zero-order valence-electron chi connectivity index (χ0n) is 12.5. The van der Waals surface area contributed by atoms with E-state index >= 15 is 0 Å². The van der Waals surface area contributed by atoms with E-state index in [1.54, 1.807) is 12.1 Å². The molecule has 2 atom stereocenters. The molecule has 0 aromatic heterocycles. The van der Waals surface area contributed by atoms with Crippen molar-refractivity contribution in [1.82, 2.24) is 0 Å². The summed E-state index contributed by atoms with van der Waals surface area (Å²) in [5.74, 6) is 1.24. The molecule has 0 amide bonds. The van der Waals surface area contributed by atoms with Crippen LogP contribution in [0.3, 0.4) is 0 Å². The summed E-state index contributed by atoms with van der Waals surface area (Å²) in [5, 5.41) is 0.443. The van der Waals surface area contributed by atoms with Gasteiger partial charge in [-0.05, 0) is 55.2 Å². The van der Waals surface area contributed by atoms with E-state index in [4.69, 9.17) is 17.3 Å². The van der Waals surface area contributed by atoms with E-state index in [1.165, 1.54) is 12.5 Å². The standard InChI is InChI=1S/C17H25ClFN/c1-12(2)13-4-3-8-17(20,9-7-13)11-14-5-6-15(18)10-16(14)19/h5-6,10,12-13H,3-4,7-9,11,20H2,1-2H3. The molecule has 0 saturated heterocycles. The molecule has 2 N–H and O–H groups in total. The summed E-state index contributed by atoms with van der Waals surface area (Å²) in [6.45, 7) is 4.57. The second-order valence-electron chi connectivity index (χ2n) is 6.71. The summed E-state index contributed by atoms with van der Waals surface area (Å²) >= 11 is 5.80. The summed E-state index contributed by atoms with van der Waals surface area (Å²) in [6, 6.07) is 4.90. The number of hydrogen-bond acceptors (Lipinski definition) is 1. The van der Waals surface area contributed by atoms with Crippen LogP contribution in [0.15, 0.2) is 18.2 Å². The van der Waals surface area contributed by atoms with Gasteiger partial charge in [-0.3, -0.25) is 0 Å². The molecule has 1 aliphatic carbocycles. The number of hydrogen-bond donors (Lipinski definition) is 1. The molecule has 2 unspecified atom stereocenters. The third kappa shape index (κ3) is 3.95. The van der Waals surface area contributed by atoms with E-state index in [0.717, 1.165) is 31.6 Å². The van der Waals surface area contributed by atoms with Gasteiger partial charge in [-0.2, -0.15) is 0 Å². The third-order valence-electron chi connectivity index (χ3n) is 4.76. The first-order valence-corrected chi connectivity index (χ1v) is 8.00. The van der Waals surface area contributed by atoms with Gasteiger partial charge in [0.1, 0.15) is 5.82 Å². The highest BCUT2D eigenvalue weighted by Gasteiger charge is 2.31. The third-order valence-corrected chi connectivity index (χ3v) is 5.00. The van der Waals surface area contributed by atoms with E-state index in [1.807, 2.05) is 0 Å². The van der Waals surface area contributed by atoms with Crippen LogP contribution in [-0.2, 0) is 6.42 Å². The van der Waals surface area contributed by atoms with Gasteiger partial charge in [0, 0.05) is 10.6 Å². The Balaban J connectivity index is 2.07. The van der Waals surface area contributed by atoms with Crippen LogP contribution in [0.5, 0.6) is 0 Å². The van der Waals surface area contributed by atoms with Crippen LogP contribution >= 0.6 is 11.6 Å². The van der Waals surface area contributed by atoms with Gasteiger partial charge in [-0.15, -0.1) is 0 Å². The lowest BCUT2D eigenvalue weighted by molar-refractivity contribution is 0.320. The Morgan fingerprint density at radius 1 is 1.35 bits per heavy atom. The average molecular weight is 298 g/mol. The Hall–Kier alpha value is -0.600. The van der Waals surface area contributed by atoms with Crippen LogP contribution in [-0.4, -0.2) is 5.54 Å². The molecule has 1 aromatic carbocycles. The molecule has 1 fully saturated rings. The molecule has 20 heavy (non-hydrogen) atoms. The molecule has 1 nitrogen and oxygen atoms in total. The normalized spacial score (nSPS) is 27.6. The summed E-state index contributed by atoms with van der Waals surface area (Å²) in [5.41, 5.74) is 6.99. The zero-order valence-corrected chi connectivity index (χ0v) is 13.2. The van der Waals surface area contributed by atoms with Crippen LogP contribution in [0.25, 0.3) is 0 Å². The van der Waals surface area contributed by atoms with Gasteiger partial charge in [-0.1, -0.05) is 44.4 Å². The van der Waals surface area contributed by atoms with Gasteiger partial charge in [-0.25, -0.2) is 4.39 Å². The number of benzene rings is 1. The molecule has 0 spiro atoms. The fourth-order valence-corrected chi connectivity index (χ4v) is 3.51. The van der Waals surface area contributed by atoms with Crippen molar-refractivity contribution in [3.05, 3.63) is 34.6 Å². The van der Waals surface area contributed by atoms with E-state index in [0.29, 0.717) is 22.9 Å². The molecule has 1 aliphatic rings. The van der Waals surface area contributed by atoms with E-state index < -0.39 is 0 Å². The minimum absolute atomic E-state index is 0.230. The first-order valence-electron chi connectivity index (χ1n) is 7.62. The number of halogens is 2. The van der Waals surface area contributed by atoms with Crippen molar-refractivity contribution < 1.29 is 4.39 Å². The Morgan fingerprint density at radius 2 is 2.10 bits per heavy atom. The van der Waals surface area contributed by atoms with Crippen molar-refractivity contribution in [2.45, 2.75) is 57.9 Å². The van der Waals surface area contributed by atoms with Gasteiger partial charge in [0.15, 0.2) is 0 Å². The summed E-state index contributed by atoms with van der Waals surface area (Å²) in [7, 11) is 0. The molecule has 112 valence electrons. The minimum atomic E-state index is -0.266. The van der Waals surface area contributed by atoms with Crippen LogP contribution < -0.4 is 5.73 Å². The smallest absolute Gasteiger partial charge is 0.127 e. The minimum Gasteiger partial charge on any atom is -0.325 e. The van der Waals surface area contributed by atoms with Crippen molar-refractivity contribution in [2.24, 2.45) is 17.6 Å². The van der Waals surface area contributed by atoms with Crippen LogP contribution in [0.1, 0.15) is 51.5 Å². The molecule has 2 rings (SSSR count). The van der Waals surface area contributed by atoms with Crippen molar-refractivity contribution in [3.8, 4) is 0 Å². The molecular weight excluding hydrogens is 273 g/mol. The van der Waals surface area contributed by atoms with Gasteiger partial charge in [0.2, 0.25) is 0 Å². The molecule has 0 bridgehead atoms. The lowest BCUT2D eigenvalue weighted by atomic mass is 9.83. The lowest BCUT2D eigenvalue weighted by Crippen LogP contribution is -2.41. The lowest BCUT2D eigenvalue weighted by Gasteiger charge is -2.29. The molecule has 0 aliphatic heterocycles. The summed E-state index contributed by atoms with van der Waals surface area (Å²) in [6.07, 6.45) is 6.13. The number of rotatable bonds is 3. The molecule has 1 saturated carbocycles. The predicted molar refractivity (Wildman–Crippen MR) is 83.4 cm³/mol. The predicted octanol–water partition coefficient (Wildman–Crippen LogP) is 4.96. The highest BCUT2D eigenvalue weighted by atomic mass is 35.5. The van der Waals surface area contributed by atoms with Crippen molar-refractivity contribution in [1.29, 1.82) is 0 Å². The van der Waals surface area contributed by atoms with Crippen molar-refractivity contribution in [3.63, 3.8) is 0 Å². The molecular formula is C17H25ClFN. The second kappa shape index (κ2) is 6.44. The first-order chi connectivity index (χ1) is 9.39. The maximum Gasteiger partial charge on any atom is 0.127 e. The van der Waals surface area contributed by atoms with Gasteiger partial charge >= 0.3 is 0 Å². The number of nitrogens with two attached hydrogens (primary N) is 1. The Bertz CT molecular complexity index is 460. The maximum absolute atomic E-state index is 13.9. The quantitative estimate of drug-likeness (QED) is 0.784. The first kappa shape index (κ1) is 15.8. The van der Waals surface area contributed by atoms with Crippen molar-refractivity contribution >= 4 is 11.6 Å². The van der Waals surface area contributed by atoms with E-state index in [-0.39, 0.29) is 11.4 Å². The van der Waals surface area contributed by atoms with Crippen molar-refractivity contribution in [2.75, 3.05) is 0 Å². The summed E-state index contributed by atoms with van der Waals surface area (Å²) in [4.78, 5) is 0. The van der Waals surface area contributed by atoms with E-state index in [9.17, 15) is 4.39 Å². The highest BCUT2D eigenvalue weighted by Crippen LogP contribution is 2.35. The Labute approximate surface area is 126 Å². The highest BCUT2D eigenvalue weighted by molar-refractivity contribution is 6.30.